The number of nitrogen functional groups attached to an aromatic ring is 1. The number of hydrogen-bond acceptors (Lipinski definition) is 2. The molecule has 0 aliphatic rings. The van der Waals surface area contributed by atoms with Crippen molar-refractivity contribution in [2.24, 2.45) is 0 Å². The number of nitrogens with two attached hydrogens (primary N) is 1. The number of benzene rings is 1. The Morgan fingerprint density at radius 1 is 0.880 bits per heavy atom. The summed E-state index contributed by atoms with van der Waals surface area (Å²) < 4.78 is 0.717. The molecule has 0 saturated heterocycles. The van der Waals surface area contributed by atoms with E-state index in [1.165, 1.54) is 77.0 Å². The number of aromatic hydroxyl groups is 1. The van der Waals surface area contributed by atoms with Crippen molar-refractivity contribution in [1.82, 2.24) is 0 Å². The molecule has 0 fully saturated rings. The second-order valence-electron chi connectivity index (χ2n) is 7.08. The molecular formula is C21H35ClINO. The molecule has 1 rings (SSSR count). The molecule has 0 atom stereocenters. The summed E-state index contributed by atoms with van der Waals surface area (Å²) in [5.74, 6) is 0.168. The molecule has 0 aromatic heterocycles. The number of phenols is 1. The van der Waals surface area contributed by atoms with Crippen molar-refractivity contribution in [3.05, 3.63) is 20.2 Å². The van der Waals surface area contributed by atoms with E-state index in [0.29, 0.717) is 14.3 Å². The quantitative estimate of drug-likeness (QED) is 0.123. The molecule has 1 aromatic rings. The van der Waals surface area contributed by atoms with E-state index in [-0.39, 0.29) is 5.75 Å². The summed E-state index contributed by atoms with van der Waals surface area (Å²) in [6, 6.07) is 1.80. The number of unbranched alkanes of at least 4 members (excludes halogenated alkanes) is 12. The zero-order valence-corrected chi connectivity index (χ0v) is 18.7. The largest absolute Gasteiger partial charge is 0.505 e. The van der Waals surface area contributed by atoms with Gasteiger partial charge in [-0.1, -0.05) is 95.6 Å². The first-order valence-electron chi connectivity index (χ1n) is 10.0. The molecule has 25 heavy (non-hydrogen) atoms. The first kappa shape index (κ1) is 22.9. The maximum Gasteiger partial charge on any atom is 0.147 e. The third kappa shape index (κ3) is 9.37. The first-order valence-corrected chi connectivity index (χ1v) is 11.5. The van der Waals surface area contributed by atoms with Gasteiger partial charge in [0.2, 0.25) is 0 Å². The van der Waals surface area contributed by atoms with Crippen molar-refractivity contribution < 1.29 is 5.11 Å². The van der Waals surface area contributed by atoms with Gasteiger partial charge in [0.05, 0.1) is 8.59 Å². The first-order chi connectivity index (χ1) is 12.1. The van der Waals surface area contributed by atoms with Crippen molar-refractivity contribution in [1.29, 1.82) is 0 Å². The lowest BCUT2D eigenvalue weighted by Gasteiger charge is -2.11. The van der Waals surface area contributed by atoms with Gasteiger partial charge in [0.25, 0.3) is 0 Å². The Balaban J connectivity index is 2.02. The third-order valence-corrected chi connectivity index (χ3v) is 6.09. The minimum absolute atomic E-state index is 0.168. The third-order valence-electron chi connectivity index (χ3n) is 4.86. The number of hydrogen-bond donors (Lipinski definition) is 2. The van der Waals surface area contributed by atoms with Gasteiger partial charge in [-0.25, -0.2) is 0 Å². The van der Waals surface area contributed by atoms with Crippen LogP contribution in [0.4, 0.5) is 5.69 Å². The van der Waals surface area contributed by atoms with Crippen LogP contribution in [0.25, 0.3) is 0 Å². The lowest BCUT2D eigenvalue weighted by atomic mass is 10.0. The number of anilines is 1. The van der Waals surface area contributed by atoms with Crippen LogP contribution in [0.5, 0.6) is 5.75 Å². The van der Waals surface area contributed by atoms with E-state index in [4.69, 9.17) is 17.3 Å². The fourth-order valence-electron chi connectivity index (χ4n) is 3.24. The SMILES string of the molecule is CCCCCCCCCCCCCCCc1c(N)cc(I)c(O)c1Cl. The van der Waals surface area contributed by atoms with Crippen molar-refractivity contribution in [2.45, 2.75) is 96.8 Å². The van der Waals surface area contributed by atoms with Crippen molar-refractivity contribution in [2.75, 3.05) is 5.73 Å². The van der Waals surface area contributed by atoms with Gasteiger partial charge in [-0.3, -0.25) is 0 Å². The van der Waals surface area contributed by atoms with Gasteiger partial charge in [-0.15, -0.1) is 0 Å². The van der Waals surface area contributed by atoms with Crippen molar-refractivity contribution >= 4 is 39.9 Å². The molecule has 144 valence electrons. The second kappa shape index (κ2) is 14.0. The van der Waals surface area contributed by atoms with E-state index < -0.39 is 0 Å². The number of rotatable bonds is 14. The van der Waals surface area contributed by atoms with E-state index >= 15 is 0 Å². The van der Waals surface area contributed by atoms with Crippen LogP contribution < -0.4 is 5.73 Å². The van der Waals surface area contributed by atoms with Crippen LogP contribution in [0.15, 0.2) is 6.07 Å². The summed E-state index contributed by atoms with van der Waals surface area (Å²) in [7, 11) is 0. The van der Waals surface area contributed by atoms with Gasteiger partial charge in [0.1, 0.15) is 5.75 Å². The molecule has 0 bridgehead atoms. The normalized spacial score (nSPS) is 11.2. The highest BCUT2D eigenvalue weighted by Gasteiger charge is 2.12. The molecule has 2 nitrogen and oxygen atoms in total. The van der Waals surface area contributed by atoms with Crippen molar-refractivity contribution in [3.8, 4) is 5.75 Å². The molecule has 0 radical (unpaired) electrons. The van der Waals surface area contributed by atoms with Crippen molar-refractivity contribution in [3.63, 3.8) is 0 Å². The molecule has 1 aromatic carbocycles. The Morgan fingerprint density at radius 2 is 1.32 bits per heavy atom. The minimum atomic E-state index is 0.168. The van der Waals surface area contributed by atoms with Gasteiger partial charge < -0.3 is 10.8 Å². The Kier molecular flexibility index (Phi) is 12.8. The molecule has 0 saturated carbocycles. The van der Waals surface area contributed by atoms with E-state index in [9.17, 15) is 5.11 Å². The molecule has 0 spiro atoms. The molecule has 3 N–H and O–H groups in total. The number of phenolic OH excluding ortho intramolecular Hbond substituents is 1. The van der Waals surface area contributed by atoms with E-state index in [0.717, 1.165) is 18.4 Å². The fraction of sp³-hybridized carbons (Fsp3) is 0.714. The van der Waals surface area contributed by atoms with Crippen LogP contribution in [0.3, 0.4) is 0 Å². The maximum atomic E-state index is 9.92. The summed E-state index contributed by atoms with van der Waals surface area (Å²) in [6.07, 6.45) is 18.3. The van der Waals surface area contributed by atoms with Gasteiger partial charge in [0.15, 0.2) is 0 Å². The van der Waals surface area contributed by atoms with Crippen LogP contribution in [0, 0.1) is 3.57 Å². The predicted molar refractivity (Wildman–Crippen MR) is 120 cm³/mol. The highest BCUT2D eigenvalue weighted by molar-refractivity contribution is 14.1. The standard InChI is InChI=1S/C21H35ClINO/c1-2-3-4-5-6-7-8-9-10-11-12-13-14-15-17-19(24)16-18(23)21(25)20(17)22/h16,25H,2-15,24H2,1H3. The molecule has 0 unspecified atom stereocenters. The molecule has 0 amide bonds. The Labute approximate surface area is 173 Å². The molecule has 0 aliphatic carbocycles. The monoisotopic (exact) mass is 479 g/mol. The molecule has 4 heteroatoms. The van der Waals surface area contributed by atoms with E-state index in [1.54, 1.807) is 6.07 Å². The summed E-state index contributed by atoms with van der Waals surface area (Å²) in [5, 5.41) is 10.4. The second-order valence-corrected chi connectivity index (χ2v) is 8.62. The highest BCUT2D eigenvalue weighted by Crippen LogP contribution is 2.36. The average molecular weight is 480 g/mol. The summed E-state index contributed by atoms with van der Waals surface area (Å²) >= 11 is 8.28. The Bertz CT molecular complexity index is 493. The lowest BCUT2D eigenvalue weighted by Crippen LogP contribution is -1.98. The Hall–Kier alpha value is -0.160. The number of halogens is 2. The summed E-state index contributed by atoms with van der Waals surface area (Å²) in [4.78, 5) is 0. The zero-order chi connectivity index (χ0) is 18.5. The van der Waals surface area contributed by atoms with E-state index in [2.05, 4.69) is 29.5 Å². The van der Waals surface area contributed by atoms with Gasteiger partial charge in [-0.2, -0.15) is 0 Å². The topological polar surface area (TPSA) is 46.2 Å². The molecular weight excluding hydrogens is 445 g/mol. The molecule has 0 heterocycles. The van der Waals surface area contributed by atoms with Gasteiger partial charge >= 0.3 is 0 Å². The van der Waals surface area contributed by atoms with E-state index in [1.807, 2.05) is 0 Å². The van der Waals surface area contributed by atoms with Crippen LogP contribution in [0.1, 0.15) is 96.0 Å². The molecule has 0 aliphatic heterocycles. The smallest absolute Gasteiger partial charge is 0.147 e. The average Bonchev–Trinajstić information content (AvgIpc) is 2.59. The van der Waals surface area contributed by atoms with Crippen LogP contribution >= 0.6 is 34.2 Å². The lowest BCUT2D eigenvalue weighted by molar-refractivity contribution is 0.471. The van der Waals surface area contributed by atoms with Crippen LogP contribution in [0.2, 0.25) is 5.02 Å². The zero-order valence-electron chi connectivity index (χ0n) is 15.8. The summed E-state index contributed by atoms with van der Waals surface area (Å²) in [6.45, 7) is 2.27. The van der Waals surface area contributed by atoms with Crippen LogP contribution in [-0.2, 0) is 6.42 Å². The Morgan fingerprint density at radius 3 is 1.80 bits per heavy atom. The van der Waals surface area contributed by atoms with Gasteiger partial charge in [0, 0.05) is 5.69 Å². The minimum Gasteiger partial charge on any atom is -0.505 e. The fourth-order valence-corrected chi connectivity index (χ4v) is 4.31. The van der Waals surface area contributed by atoms with Gasteiger partial charge in [-0.05, 0) is 47.1 Å². The van der Waals surface area contributed by atoms with Crippen LogP contribution in [-0.4, -0.2) is 5.11 Å². The highest BCUT2D eigenvalue weighted by atomic mass is 127. The predicted octanol–water partition coefficient (Wildman–Crippen LogP) is 7.87. The summed E-state index contributed by atoms with van der Waals surface area (Å²) in [5.41, 5.74) is 7.64. The maximum absolute atomic E-state index is 9.92.